The topological polar surface area (TPSA) is 87.1 Å². The highest BCUT2D eigenvalue weighted by Crippen LogP contribution is 2.41. The third kappa shape index (κ3) is 2.97. The van der Waals surface area contributed by atoms with Crippen molar-refractivity contribution in [1.29, 1.82) is 0 Å². The van der Waals surface area contributed by atoms with E-state index in [-0.39, 0.29) is 23.0 Å². The van der Waals surface area contributed by atoms with Crippen LogP contribution in [0.1, 0.15) is 13.3 Å². The van der Waals surface area contributed by atoms with Crippen LogP contribution in [-0.2, 0) is 4.79 Å². The van der Waals surface area contributed by atoms with E-state index >= 15 is 0 Å². The van der Waals surface area contributed by atoms with Gasteiger partial charge in [0.2, 0.25) is 5.91 Å². The minimum Gasteiger partial charge on any atom is -0.381 e. The number of aromatic amines is 1. The van der Waals surface area contributed by atoms with Crippen molar-refractivity contribution in [3.63, 3.8) is 0 Å². The highest BCUT2D eigenvalue weighted by Gasteiger charge is 2.43. The van der Waals surface area contributed by atoms with Crippen LogP contribution >= 0.6 is 11.6 Å². The number of aromatic nitrogens is 4. The maximum atomic E-state index is 15.0. The molecule has 1 saturated carbocycles. The van der Waals surface area contributed by atoms with Gasteiger partial charge in [-0.25, -0.2) is 13.8 Å². The molecule has 0 aliphatic heterocycles. The van der Waals surface area contributed by atoms with Gasteiger partial charge in [0.05, 0.1) is 34.5 Å². The van der Waals surface area contributed by atoms with Crippen molar-refractivity contribution >= 4 is 45.6 Å². The lowest BCUT2D eigenvalue weighted by atomic mass is 10.0. The predicted octanol–water partition coefficient (Wildman–Crippen LogP) is 4.40. The van der Waals surface area contributed by atoms with Crippen LogP contribution in [0.3, 0.4) is 0 Å². The van der Waals surface area contributed by atoms with Gasteiger partial charge in [0.25, 0.3) is 0 Å². The quantitative estimate of drug-likeness (QED) is 0.438. The molecule has 7 nitrogen and oxygen atoms in total. The molecule has 3 N–H and O–H groups in total. The molecule has 3 aromatic heterocycles. The maximum absolute atomic E-state index is 15.0. The molecule has 0 bridgehead atoms. The Bertz CT molecular complexity index is 1300. The average molecular weight is 431 g/mol. The minimum absolute atomic E-state index is 0.0180. The van der Waals surface area contributed by atoms with E-state index in [4.69, 9.17) is 11.6 Å². The van der Waals surface area contributed by atoms with Crippen LogP contribution in [0.15, 0.2) is 30.7 Å². The molecule has 4 aromatic rings. The number of pyridine rings is 1. The number of nitrogens with one attached hydrogen (secondary N) is 3. The fraction of sp³-hybridized carbons (Fsp3) is 0.250. The summed E-state index contributed by atoms with van der Waals surface area (Å²) < 4.78 is 29.8. The number of amides is 1. The summed E-state index contributed by atoms with van der Waals surface area (Å²) in [4.78, 5) is 16.3. The van der Waals surface area contributed by atoms with E-state index in [1.54, 1.807) is 35.1 Å². The fourth-order valence-electron chi connectivity index (χ4n) is 3.59. The first kappa shape index (κ1) is 18.8. The van der Waals surface area contributed by atoms with Crippen LogP contribution in [0.4, 0.5) is 20.3 Å². The molecule has 2 atom stereocenters. The van der Waals surface area contributed by atoms with E-state index in [0.29, 0.717) is 40.0 Å². The number of nitrogens with zero attached hydrogens (tertiary/aromatic N) is 3. The third-order valence-electron chi connectivity index (χ3n) is 5.18. The molecule has 1 amide bonds. The molecule has 10 heteroatoms. The first-order valence-corrected chi connectivity index (χ1v) is 9.87. The maximum Gasteiger partial charge on any atom is 0.231 e. The first-order valence-electron chi connectivity index (χ1n) is 9.50. The van der Waals surface area contributed by atoms with Crippen molar-refractivity contribution in [3.05, 3.63) is 41.6 Å². The number of benzene rings is 1. The highest BCUT2D eigenvalue weighted by atomic mass is 35.5. The Morgan fingerprint density at radius 2 is 2.20 bits per heavy atom. The average Bonchev–Trinajstić information content (AvgIpc) is 3.11. The highest BCUT2D eigenvalue weighted by molar-refractivity contribution is 6.36. The molecular weight excluding hydrogens is 414 g/mol. The Balaban J connectivity index is 1.57. The van der Waals surface area contributed by atoms with Gasteiger partial charge < -0.3 is 15.0 Å². The summed E-state index contributed by atoms with van der Waals surface area (Å²) in [5.74, 6) is -1.22. The van der Waals surface area contributed by atoms with Gasteiger partial charge >= 0.3 is 0 Å². The Hall–Kier alpha value is -3.20. The monoisotopic (exact) mass is 430 g/mol. The van der Waals surface area contributed by atoms with E-state index in [9.17, 15) is 13.6 Å². The first-order chi connectivity index (χ1) is 14.5. The Kier molecular flexibility index (Phi) is 4.35. The molecular formula is C20H17ClF2N6O. The Morgan fingerprint density at radius 1 is 1.40 bits per heavy atom. The van der Waals surface area contributed by atoms with Crippen molar-refractivity contribution in [2.45, 2.75) is 19.5 Å². The van der Waals surface area contributed by atoms with E-state index < -0.39 is 17.9 Å². The van der Waals surface area contributed by atoms with E-state index in [1.165, 1.54) is 0 Å². The van der Waals surface area contributed by atoms with Gasteiger partial charge in [-0.1, -0.05) is 11.6 Å². The number of carbonyl (C=O) groups excluding carboxylic acids is 1. The van der Waals surface area contributed by atoms with Crippen molar-refractivity contribution in [3.8, 4) is 11.1 Å². The molecule has 1 aromatic carbocycles. The summed E-state index contributed by atoms with van der Waals surface area (Å²) in [6.45, 7) is 2.39. The molecule has 0 saturated heterocycles. The second kappa shape index (κ2) is 6.94. The standard InChI is InChI=1S/C20H17ClF2N6O/c1-2-24-19-17(23)16(21)15(11-6-25-28-18(11)19)9-3-4-14-26-13(8-29(14)7-9)27-20(30)10-5-12(10)22/h3-4,6-8,10,12,24H,2,5H2,1H3,(H,25,28)(H,27,30)/t10-,12+/m1/s1. The van der Waals surface area contributed by atoms with Crippen LogP contribution in [0.25, 0.3) is 27.7 Å². The molecule has 0 unspecified atom stereocenters. The largest absolute Gasteiger partial charge is 0.381 e. The minimum atomic E-state index is -1.08. The van der Waals surface area contributed by atoms with E-state index in [0.717, 1.165) is 0 Å². The molecule has 0 spiro atoms. The third-order valence-corrected chi connectivity index (χ3v) is 5.54. The van der Waals surface area contributed by atoms with Crippen molar-refractivity contribution in [1.82, 2.24) is 19.6 Å². The number of rotatable bonds is 5. The van der Waals surface area contributed by atoms with Gasteiger partial charge in [0.1, 0.15) is 11.8 Å². The number of carbonyl (C=O) groups is 1. The van der Waals surface area contributed by atoms with Gasteiger partial charge in [-0.2, -0.15) is 5.10 Å². The molecule has 30 heavy (non-hydrogen) atoms. The number of imidazole rings is 1. The molecule has 3 heterocycles. The molecule has 1 aliphatic carbocycles. The van der Waals surface area contributed by atoms with Crippen LogP contribution < -0.4 is 10.6 Å². The van der Waals surface area contributed by atoms with Gasteiger partial charge in [-0.15, -0.1) is 0 Å². The summed E-state index contributed by atoms with van der Waals surface area (Å²) in [5, 5.41) is 13.1. The molecule has 1 aliphatic rings. The smallest absolute Gasteiger partial charge is 0.231 e. The number of hydrogen-bond donors (Lipinski definition) is 3. The summed E-state index contributed by atoms with van der Waals surface area (Å²) >= 11 is 6.41. The molecule has 0 radical (unpaired) electrons. The fourth-order valence-corrected chi connectivity index (χ4v) is 3.90. The number of hydrogen-bond acceptors (Lipinski definition) is 4. The lowest BCUT2D eigenvalue weighted by molar-refractivity contribution is -0.117. The Labute approximate surface area is 174 Å². The Morgan fingerprint density at radius 3 is 2.93 bits per heavy atom. The summed E-state index contributed by atoms with van der Waals surface area (Å²) in [5.41, 5.74) is 2.53. The van der Waals surface area contributed by atoms with Gasteiger partial charge in [0, 0.05) is 29.3 Å². The van der Waals surface area contributed by atoms with Crippen LogP contribution in [-0.4, -0.2) is 38.2 Å². The van der Waals surface area contributed by atoms with Crippen LogP contribution in [0.5, 0.6) is 0 Å². The molecule has 154 valence electrons. The summed E-state index contributed by atoms with van der Waals surface area (Å²) in [6, 6.07) is 3.50. The lowest BCUT2D eigenvalue weighted by Crippen LogP contribution is -2.15. The predicted molar refractivity (Wildman–Crippen MR) is 111 cm³/mol. The van der Waals surface area contributed by atoms with Crippen molar-refractivity contribution < 1.29 is 13.6 Å². The van der Waals surface area contributed by atoms with Crippen molar-refractivity contribution in [2.24, 2.45) is 5.92 Å². The summed E-state index contributed by atoms with van der Waals surface area (Å²) in [7, 11) is 0. The lowest BCUT2D eigenvalue weighted by Gasteiger charge is -2.13. The summed E-state index contributed by atoms with van der Waals surface area (Å²) in [6.07, 6.45) is 4.14. The zero-order chi connectivity index (χ0) is 21.0. The second-order valence-electron chi connectivity index (χ2n) is 7.22. The van der Waals surface area contributed by atoms with Crippen LogP contribution in [0, 0.1) is 11.7 Å². The van der Waals surface area contributed by atoms with E-state index in [2.05, 4.69) is 25.8 Å². The number of alkyl halides is 1. The van der Waals surface area contributed by atoms with Crippen LogP contribution in [0.2, 0.25) is 5.02 Å². The molecule has 5 rings (SSSR count). The number of anilines is 2. The number of fused-ring (bicyclic) bond motifs is 2. The SMILES string of the molecule is CCNc1c(F)c(Cl)c(-c2ccc3nc(NC(=O)[C@@H]4C[C@@H]4F)cn3c2)c2cn[nH]c12. The number of halogens is 3. The van der Waals surface area contributed by atoms with Gasteiger partial charge in [-0.05, 0) is 25.5 Å². The zero-order valence-corrected chi connectivity index (χ0v) is 16.6. The van der Waals surface area contributed by atoms with Gasteiger partial charge in [0.15, 0.2) is 11.6 Å². The van der Waals surface area contributed by atoms with Gasteiger partial charge in [-0.3, -0.25) is 9.89 Å². The zero-order valence-electron chi connectivity index (χ0n) is 15.8. The normalized spacial score (nSPS) is 18.1. The van der Waals surface area contributed by atoms with Crippen molar-refractivity contribution in [2.75, 3.05) is 17.2 Å². The molecule has 1 fully saturated rings. The second-order valence-corrected chi connectivity index (χ2v) is 7.60. The van der Waals surface area contributed by atoms with E-state index in [1.807, 2.05) is 6.92 Å². The number of H-pyrrole nitrogens is 1.